The molecule has 0 saturated carbocycles. The summed E-state index contributed by atoms with van der Waals surface area (Å²) >= 11 is 0. The number of piperazine rings is 1. The Morgan fingerprint density at radius 3 is 2.40 bits per heavy atom. The number of carbonyl (C=O) groups excluding carboxylic acids is 2. The molecule has 2 N–H and O–H groups in total. The lowest BCUT2D eigenvalue weighted by molar-refractivity contribution is -0.136. The maximum atomic E-state index is 13.4. The number of nitriles is 1. The fraction of sp³-hybridized carbons (Fsp3) is 0.318. The molecule has 0 aromatic heterocycles. The highest BCUT2D eigenvalue weighted by Crippen LogP contribution is 2.22. The minimum absolute atomic E-state index is 0.178. The van der Waals surface area contributed by atoms with E-state index in [2.05, 4.69) is 27.5 Å². The molecule has 0 bridgehead atoms. The number of rotatable bonds is 5. The number of halogens is 1. The predicted octanol–water partition coefficient (Wildman–Crippen LogP) is 1.74. The lowest BCUT2D eigenvalue weighted by Gasteiger charge is -2.38. The number of carbonyl (C=O) groups is 2. The summed E-state index contributed by atoms with van der Waals surface area (Å²) in [7, 11) is 2.05. The Labute approximate surface area is 175 Å². The monoisotopic (exact) mass is 409 g/mol. The predicted molar refractivity (Wildman–Crippen MR) is 111 cm³/mol. The van der Waals surface area contributed by atoms with Gasteiger partial charge in [0.05, 0.1) is 17.3 Å². The molecule has 0 aliphatic carbocycles. The first-order valence-electron chi connectivity index (χ1n) is 9.74. The van der Waals surface area contributed by atoms with Crippen molar-refractivity contribution in [3.8, 4) is 6.07 Å². The minimum atomic E-state index is -0.839. The summed E-state index contributed by atoms with van der Waals surface area (Å²) < 4.78 is 13.4. The van der Waals surface area contributed by atoms with Crippen LogP contribution in [-0.4, -0.2) is 61.4 Å². The second kappa shape index (κ2) is 9.96. The van der Waals surface area contributed by atoms with Gasteiger partial charge in [-0.1, -0.05) is 24.3 Å². The van der Waals surface area contributed by atoms with Gasteiger partial charge in [-0.3, -0.25) is 14.5 Å². The summed E-state index contributed by atoms with van der Waals surface area (Å²) in [5.74, 6) is -1.95. The Bertz CT molecular complexity index is 933. The van der Waals surface area contributed by atoms with Gasteiger partial charge >= 0.3 is 11.8 Å². The number of nitrogens with zero attached hydrogens (tertiary/aromatic N) is 3. The number of hydrogen-bond acceptors (Lipinski definition) is 5. The second-order valence-electron chi connectivity index (χ2n) is 7.23. The van der Waals surface area contributed by atoms with Crippen molar-refractivity contribution >= 4 is 17.5 Å². The second-order valence-corrected chi connectivity index (χ2v) is 7.23. The fourth-order valence-corrected chi connectivity index (χ4v) is 3.41. The summed E-state index contributed by atoms with van der Waals surface area (Å²) in [6, 6.07) is 14.5. The molecule has 1 heterocycles. The van der Waals surface area contributed by atoms with Crippen molar-refractivity contribution in [2.24, 2.45) is 0 Å². The molecule has 2 amide bonds. The van der Waals surface area contributed by atoms with Gasteiger partial charge in [0.2, 0.25) is 0 Å². The zero-order valence-corrected chi connectivity index (χ0v) is 16.8. The standard InChI is InChI=1S/C22H24FN5O2/c1-27-10-12-28(13-11-27)20(16-6-8-18(23)9-7-16)15-25-21(29)22(30)26-19-5-3-2-4-17(19)14-24/h2-9,20H,10-13,15H2,1H3,(H,25,29)(H,26,30)/t20-/m1/s1. The van der Waals surface area contributed by atoms with Gasteiger partial charge in [0.25, 0.3) is 0 Å². The quantitative estimate of drug-likeness (QED) is 0.735. The number of benzene rings is 2. The number of amides is 2. The van der Waals surface area contributed by atoms with Crippen LogP contribution >= 0.6 is 0 Å². The van der Waals surface area contributed by atoms with E-state index in [1.807, 2.05) is 6.07 Å². The van der Waals surface area contributed by atoms with E-state index in [0.717, 1.165) is 31.7 Å². The first-order chi connectivity index (χ1) is 14.5. The lowest BCUT2D eigenvalue weighted by atomic mass is 10.0. The third-order valence-electron chi connectivity index (χ3n) is 5.19. The molecule has 1 fully saturated rings. The van der Waals surface area contributed by atoms with Crippen LogP contribution in [0.1, 0.15) is 17.2 Å². The van der Waals surface area contributed by atoms with Crippen LogP contribution in [0.25, 0.3) is 0 Å². The van der Waals surface area contributed by atoms with Gasteiger partial charge in [0, 0.05) is 32.7 Å². The largest absolute Gasteiger partial charge is 0.346 e. The molecule has 1 aliphatic heterocycles. The molecular formula is C22H24FN5O2. The molecule has 0 radical (unpaired) electrons. The van der Waals surface area contributed by atoms with E-state index in [-0.39, 0.29) is 29.7 Å². The van der Waals surface area contributed by atoms with Gasteiger partial charge in [-0.05, 0) is 36.9 Å². The summed E-state index contributed by atoms with van der Waals surface area (Å²) in [5, 5.41) is 14.3. The molecule has 1 aliphatic rings. The van der Waals surface area contributed by atoms with E-state index in [9.17, 15) is 14.0 Å². The van der Waals surface area contributed by atoms with Crippen LogP contribution in [-0.2, 0) is 9.59 Å². The number of para-hydroxylation sites is 1. The van der Waals surface area contributed by atoms with Gasteiger partial charge in [-0.25, -0.2) is 4.39 Å². The molecule has 1 saturated heterocycles. The summed E-state index contributed by atoms with van der Waals surface area (Å²) in [5.41, 5.74) is 1.44. The average Bonchev–Trinajstić information content (AvgIpc) is 2.76. The number of hydrogen-bond donors (Lipinski definition) is 2. The van der Waals surface area contributed by atoms with Crippen molar-refractivity contribution in [2.75, 3.05) is 45.1 Å². The summed E-state index contributed by atoms with van der Waals surface area (Å²) in [6.45, 7) is 3.59. The molecule has 0 unspecified atom stereocenters. The van der Waals surface area contributed by atoms with Crippen molar-refractivity contribution in [1.29, 1.82) is 5.26 Å². The number of likely N-dealkylation sites (N-methyl/N-ethyl adjacent to an activating group) is 1. The van der Waals surface area contributed by atoms with Gasteiger partial charge < -0.3 is 15.5 Å². The van der Waals surface area contributed by atoms with E-state index in [1.165, 1.54) is 12.1 Å². The maximum Gasteiger partial charge on any atom is 0.313 e. The highest BCUT2D eigenvalue weighted by molar-refractivity contribution is 6.39. The first kappa shape index (κ1) is 21.4. The van der Waals surface area contributed by atoms with Crippen molar-refractivity contribution in [2.45, 2.75) is 6.04 Å². The van der Waals surface area contributed by atoms with E-state index < -0.39 is 11.8 Å². The highest BCUT2D eigenvalue weighted by Gasteiger charge is 2.25. The van der Waals surface area contributed by atoms with Gasteiger partial charge in [0.1, 0.15) is 11.9 Å². The highest BCUT2D eigenvalue weighted by atomic mass is 19.1. The molecule has 2 aromatic carbocycles. The zero-order valence-electron chi connectivity index (χ0n) is 16.8. The van der Waals surface area contributed by atoms with Gasteiger partial charge in [-0.15, -0.1) is 0 Å². The first-order valence-corrected chi connectivity index (χ1v) is 9.74. The third-order valence-corrected chi connectivity index (χ3v) is 5.19. The van der Waals surface area contributed by atoms with Crippen LogP contribution in [0.3, 0.4) is 0 Å². The van der Waals surface area contributed by atoms with Crippen molar-refractivity contribution in [3.05, 3.63) is 65.5 Å². The van der Waals surface area contributed by atoms with Crippen molar-refractivity contribution in [1.82, 2.24) is 15.1 Å². The Kier molecular flexibility index (Phi) is 7.12. The molecule has 3 rings (SSSR count). The zero-order chi connectivity index (χ0) is 21.5. The van der Waals surface area contributed by atoms with Crippen LogP contribution < -0.4 is 10.6 Å². The summed E-state index contributed by atoms with van der Waals surface area (Å²) in [4.78, 5) is 29.1. The Morgan fingerprint density at radius 2 is 1.73 bits per heavy atom. The maximum absolute atomic E-state index is 13.4. The third kappa shape index (κ3) is 5.41. The van der Waals surface area contributed by atoms with Crippen LogP contribution in [0, 0.1) is 17.1 Å². The molecule has 1 atom stereocenters. The van der Waals surface area contributed by atoms with Crippen molar-refractivity contribution in [3.63, 3.8) is 0 Å². The number of anilines is 1. The molecule has 7 nitrogen and oxygen atoms in total. The van der Waals surface area contributed by atoms with Crippen LogP contribution in [0.2, 0.25) is 0 Å². The van der Waals surface area contributed by atoms with E-state index in [4.69, 9.17) is 5.26 Å². The molecule has 30 heavy (non-hydrogen) atoms. The van der Waals surface area contributed by atoms with Crippen LogP contribution in [0.15, 0.2) is 48.5 Å². The van der Waals surface area contributed by atoms with Gasteiger partial charge in [-0.2, -0.15) is 5.26 Å². The van der Waals surface area contributed by atoms with E-state index in [0.29, 0.717) is 0 Å². The molecule has 8 heteroatoms. The minimum Gasteiger partial charge on any atom is -0.346 e. The SMILES string of the molecule is CN1CCN([C@H](CNC(=O)C(=O)Nc2ccccc2C#N)c2ccc(F)cc2)CC1. The molecule has 2 aromatic rings. The fourth-order valence-electron chi connectivity index (χ4n) is 3.41. The smallest absolute Gasteiger partial charge is 0.313 e. The molecule has 0 spiro atoms. The Hall–Kier alpha value is -3.28. The van der Waals surface area contributed by atoms with Gasteiger partial charge in [0.15, 0.2) is 0 Å². The molecule has 156 valence electrons. The van der Waals surface area contributed by atoms with Crippen molar-refractivity contribution < 1.29 is 14.0 Å². The topological polar surface area (TPSA) is 88.5 Å². The molecular weight excluding hydrogens is 385 g/mol. The lowest BCUT2D eigenvalue weighted by Crippen LogP contribution is -2.49. The van der Waals surface area contributed by atoms with E-state index >= 15 is 0 Å². The van der Waals surface area contributed by atoms with E-state index in [1.54, 1.807) is 36.4 Å². The normalized spacial score (nSPS) is 15.8. The Morgan fingerprint density at radius 1 is 1.07 bits per heavy atom. The number of nitrogens with one attached hydrogen (secondary N) is 2. The summed E-state index contributed by atoms with van der Waals surface area (Å²) in [6.07, 6.45) is 0. The van der Waals surface area contributed by atoms with Crippen LogP contribution in [0.4, 0.5) is 10.1 Å². The Balaban J connectivity index is 1.67. The average molecular weight is 409 g/mol. The van der Waals surface area contributed by atoms with Crippen LogP contribution in [0.5, 0.6) is 0 Å².